The van der Waals surface area contributed by atoms with Gasteiger partial charge < -0.3 is 14.4 Å². The smallest absolute Gasteiger partial charge is 0.410 e. The fourth-order valence-corrected chi connectivity index (χ4v) is 2.11. The van der Waals surface area contributed by atoms with Crippen LogP contribution in [0.2, 0.25) is 0 Å². The van der Waals surface area contributed by atoms with Gasteiger partial charge in [0.2, 0.25) is 0 Å². The first-order valence-corrected chi connectivity index (χ1v) is 5.79. The molecule has 86 valence electrons. The molecular formula is C11H19NO3. The molecule has 0 radical (unpaired) electrons. The molecule has 0 saturated carbocycles. The normalized spacial score (nSPS) is 28.1. The Balaban J connectivity index is 1.76. The lowest BCUT2D eigenvalue weighted by Crippen LogP contribution is -2.34. The van der Waals surface area contributed by atoms with Crippen LogP contribution in [0.4, 0.5) is 4.79 Å². The van der Waals surface area contributed by atoms with Gasteiger partial charge in [0.15, 0.2) is 0 Å². The van der Waals surface area contributed by atoms with Crippen LogP contribution in [-0.2, 0) is 9.47 Å². The Labute approximate surface area is 90.5 Å². The molecule has 0 aromatic carbocycles. The summed E-state index contributed by atoms with van der Waals surface area (Å²) in [6.45, 7) is 5.30. The van der Waals surface area contributed by atoms with Crippen molar-refractivity contribution in [3.05, 3.63) is 0 Å². The molecule has 2 aliphatic rings. The van der Waals surface area contributed by atoms with E-state index in [1.54, 1.807) is 0 Å². The number of likely N-dealkylation sites (tertiary alicyclic amines) is 1. The Morgan fingerprint density at radius 2 is 2.07 bits per heavy atom. The molecule has 1 unspecified atom stereocenters. The van der Waals surface area contributed by atoms with E-state index in [0.717, 1.165) is 32.4 Å². The Morgan fingerprint density at radius 1 is 1.33 bits per heavy atom. The van der Waals surface area contributed by atoms with Gasteiger partial charge in [-0.05, 0) is 12.3 Å². The third-order valence-electron chi connectivity index (χ3n) is 3.12. The first-order chi connectivity index (χ1) is 7.25. The van der Waals surface area contributed by atoms with Crippen LogP contribution in [0.1, 0.15) is 26.2 Å². The van der Waals surface area contributed by atoms with Crippen molar-refractivity contribution in [2.75, 3.05) is 26.3 Å². The molecule has 15 heavy (non-hydrogen) atoms. The minimum Gasteiger partial charge on any atom is -0.446 e. The van der Waals surface area contributed by atoms with Gasteiger partial charge in [-0.2, -0.15) is 0 Å². The quantitative estimate of drug-likeness (QED) is 0.664. The highest BCUT2D eigenvalue weighted by Crippen LogP contribution is 2.18. The zero-order valence-electron chi connectivity index (χ0n) is 9.28. The van der Waals surface area contributed by atoms with Gasteiger partial charge in [-0.3, -0.25) is 0 Å². The van der Waals surface area contributed by atoms with E-state index in [0.29, 0.717) is 19.1 Å². The summed E-state index contributed by atoms with van der Waals surface area (Å²) < 4.78 is 10.6. The van der Waals surface area contributed by atoms with Crippen molar-refractivity contribution >= 4 is 6.09 Å². The van der Waals surface area contributed by atoms with E-state index < -0.39 is 0 Å². The van der Waals surface area contributed by atoms with Crippen LogP contribution in [0.5, 0.6) is 0 Å². The minimum absolute atomic E-state index is 0.0714. The molecule has 2 heterocycles. The summed E-state index contributed by atoms with van der Waals surface area (Å²) in [5.74, 6) is 0.618. The third-order valence-corrected chi connectivity index (χ3v) is 3.12. The van der Waals surface area contributed by atoms with E-state index in [2.05, 4.69) is 6.92 Å². The van der Waals surface area contributed by atoms with Crippen molar-refractivity contribution in [2.24, 2.45) is 5.92 Å². The summed E-state index contributed by atoms with van der Waals surface area (Å²) in [6, 6.07) is 0. The maximum absolute atomic E-state index is 11.7. The van der Waals surface area contributed by atoms with E-state index in [1.807, 2.05) is 4.90 Å². The number of amides is 1. The van der Waals surface area contributed by atoms with Gasteiger partial charge in [0.25, 0.3) is 0 Å². The first-order valence-electron chi connectivity index (χ1n) is 5.79. The fourth-order valence-electron chi connectivity index (χ4n) is 2.11. The second-order valence-electron chi connectivity index (χ2n) is 4.54. The van der Waals surface area contributed by atoms with Crippen molar-refractivity contribution in [3.8, 4) is 0 Å². The Kier molecular flexibility index (Phi) is 3.46. The number of nitrogens with zero attached hydrogens (tertiary/aromatic N) is 1. The summed E-state index contributed by atoms with van der Waals surface area (Å²) >= 11 is 0. The standard InChI is InChI=1S/C11H19NO3/c1-9-2-5-12(8-9)11(13)15-10-3-6-14-7-4-10/h9-10H,2-8H2,1H3. The average Bonchev–Trinajstić information content (AvgIpc) is 2.66. The van der Waals surface area contributed by atoms with Crippen LogP contribution >= 0.6 is 0 Å². The van der Waals surface area contributed by atoms with E-state index in [4.69, 9.17) is 9.47 Å². The van der Waals surface area contributed by atoms with Gasteiger partial charge in [-0.25, -0.2) is 4.79 Å². The van der Waals surface area contributed by atoms with E-state index in [-0.39, 0.29) is 12.2 Å². The predicted octanol–water partition coefficient (Wildman–Crippen LogP) is 1.64. The summed E-state index contributed by atoms with van der Waals surface area (Å²) in [7, 11) is 0. The molecule has 0 spiro atoms. The molecule has 0 aliphatic carbocycles. The topological polar surface area (TPSA) is 38.8 Å². The largest absolute Gasteiger partial charge is 0.446 e. The van der Waals surface area contributed by atoms with Crippen LogP contribution in [0.3, 0.4) is 0 Å². The summed E-state index contributed by atoms with van der Waals surface area (Å²) in [5, 5.41) is 0. The maximum Gasteiger partial charge on any atom is 0.410 e. The molecule has 4 heteroatoms. The number of ether oxygens (including phenoxy) is 2. The van der Waals surface area contributed by atoms with Gasteiger partial charge in [-0.15, -0.1) is 0 Å². The summed E-state index contributed by atoms with van der Waals surface area (Å²) in [4.78, 5) is 13.5. The van der Waals surface area contributed by atoms with Crippen LogP contribution in [0.25, 0.3) is 0 Å². The third kappa shape index (κ3) is 2.84. The van der Waals surface area contributed by atoms with Crippen LogP contribution in [-0.4, -0.2) is 43.4 Å². The minimum atomic E-state index is -0.133. The molecule has 4 nitrogen and oxygen atoms in total. The SMILES string of the molecule is CC1CCN(C(=O)OC2CCOCC2)C1. The molecule has 0 bridgehead atoms. The predicted molar refractivity (Wildman–Crippen MR) is 55.7 cm³/mol. The number of hydrogen-bond acceptors (Lipinski definition) is 3. The van der Waals surface area contributed by atoms with E-state index in [9.17, 15) is 4.79 Å². The average molecular weight is 213 g/mol. The monoisotopic (exact) mass is 213 g/mol. The lowest BCUT2D eigenvalue weighted by molar-refractivity contribution is -0.00848. The van der Waals surface area contributed by atoms with Gasteiger partial charge in [0.1, 0.15) is 6.10 Å². The second kappa shape index (κ2) is 4.84. The maximum atomic E-state index is 11.7. The Hall–Kier alpha value is -0.770. The van der Waals surface area contributed by atoms with Crippen molar-refractivity contribution in [1.82, 2.24) is 4.90 Å². The van der Waals surface area contributed by atoms with Crippen LogP contribution in [0, 0.1) is 5.92 Å². The lowest BCUT2D eigenvalue weighted by Gasteiger charge is -2.25. The van der Waals surface area contributed by atoms with Crippen LogP contribution in [0.15, 0.2) is 0 Å². The zero-order valence-corrected chi connectivity index (χ0v) is 9.28. The van der Waals surface area contributed by atoms with Crippen LogP contribution < -0.4 is 0 Å². The summed E-state index contributed by atoms with van der Waals surface area (Å²) in [6.07, 6.45) is 2.72. The molecule has 1 atom stereocenters. The zero-order chi connectivity index (χ0) is 10.7. The molecular weight excluding hydrogens is 194 g/mol. The van der Waals surface area contributed by atoms with Crippen molar-refractivity contribution in [3.63, 3.8) is 0 Å². The number of hydrogen-bond donors (Lipinski definition) is 0. The highest BCUT2D eigenvalue weighted by molar-refractivity contribution is 5.68. The molecule has 0 aromatic rings. The fraction of sp³-hybridized carbons (Fsp3) is 0.909. The summed E-state index contributed by atoms with van der Waals surface area (Å²) in [5.41, 5.74) is 0. The van der Waals surface area contributed by atoms with Gasteiger partial charge in [0.05, 0.1) is 13.2 Å². The lowest BCUT2D eigenvalue weighted by atomic mass is 10.2. The molecule has 2 saturated heterocycles. The van der Waals surface area contributed by atoms with Gasteiger partial charge >= 0.3 is 6.09 Å². The highest BCUT2D eigenvalue weighted by Gasteiger charge is 2.27. The highest BCUT2D eigenvalue weighted by atomic mass is 16.6. The first kappa shape index (κ1) is 10.7. The molecule has 2 fully saturated rings. The molecule has 1 amide bonds. The molecule has 2 aliphatic heterocycles. The number of carbonyl (C=O) groups is 1. The molecule has 0 N–H and O–H groups in total. The molecule has 0 aromatic heterocycles. The van der Waals surface area contributed by atoms with Gasteiger partial charge in [0, 0.05) is 25.9 Å². The van der Waals surface area contributed by atoms with Crippen molar-refractivity contribution in [1.29, 1.82) is 0 Å². The van der Waals surface area contributed by atoms with E-state index >= 15 is 0 Å². The molecule has 2 rings (SSSR count). The van der Waals surface area contributed by atoms with Crippen molar-refractivity contribution < 1.29 is 14.3 Å². The van der Waals surface area contributed by atoms with Gasteiger partial charge in [-0.1, -0.05) is 6.92 Å². The second-order valence-corrected chi connectivity index (χ2v) is 4.54. The van der Waals surface area contributed by atoms with E-state index in [1.165, 1.54) is 0 Å². The number of carbonyl (C=O) groups excluding carboxylic acids is 1. The Morgan fingerprint density at radius 3 is 2.67 bits per heavy atom. The number of rotatable bonds is 1. The van der Waals surface area contributed by atoms with Crippen molar-refractivity contribution in [2.45, 2.75) is 32.3 Å². The Bertz CT molecular complexity index is 226.